The van der Waals surface area contributed by atoms with Crippen molar-refractivity contribution in [1.82, 2.24) is 5.32 Å². The highest BCUT2D eigenvalue weighted by atomic mass is 16.5. The first-order valence-corrected chi connectivity index (χ1v) is 15.2. The van der Waals surface area contributed by atoms with Crippen LogP contribution in [0.2, 0.25) is 0 Å². The van der Waals surface area contributed by atoms with Crippen molar-refractivity contribution in [3.8, 4) is 0 Å². The lowest BCUT2D eigenvalue weighted by molar-refractivity contribution is -0.144. The molecule has 0 aliphatic rings. The van der Waals surface area contributed by atoms with Gasteiger partial charge in [-0.25, -0.2) is 0 Å². The van der Waals surface area contributed by atoms with E-state index in [2.05, 4.69) is 5.32 Å². The Balaban J connectivity index is 3.55. The molecule has 0 aliphatic heterocycles. The predicted molar refractivity (Wildman–Crippen MR) is 150 cm³/mol. The normalized spacial score (nSPS) is 11.8. The van der Waals surface area contributed by atoms with Crippen LogP contribution in [0.3, 0.4) is 0 Å². The van der Waals surface area contributed by atoms with E-state index in [4.69, 9.17) is 9.84 Å². The molecule has 0 aliphatic carbocycles. The molecule has 0 aromatic heterocycles. The number of carbonyl (C=O) groups excluding carboxylic acids is 2. The minimum atomic E-state index is -1.01. The summed E-state index contributed by atoms with van der Waals surface area (Å²) in [6.45, 7) is 3.31. The third-order valence-corrected chi connectivity index (χ3v) is 6.91. The highest BCUT2D eigenvalue weighted by Gasteiger charge is 2.22. The summed E-state index contributed by atoms with van der Waals surface area (Å²) < 4.78 is 5.15. The van der Waals surface area contributed by atoms with Gasteiger partial charge in [-0.15, -0.1) is 0 Å². The van der Waals surface area contributed by atoms with E-state index in [1.54, 1.807) is 0 Å². The Morgan fingerprint density at radius 2 is 1.11 bits per heavy atom. The van der Waals surface area contributed by atoms with E-state index in [0.717, 1.165) is 38.5 Å². The maximum atomic E-state index is 12.2. The largest absolute Gasteiger partial charge is 0.481 e. The monoisotopic (exact) mass is 541 g/mol. The summed E-state index contributed by atoms with van der Waals surface area (Å²) in [5.74, 6) is -2.72. The van der Waals surface area contributed by atoms with Gasteiger partial charge < -0.3 is 20.3 Å². The number of unbranched alkanes of at least 4 members (excludes halogenated alkanes) is 15. The van der Waals surface area contributed by atoms with Gasteiger partial charge in [0.25, 0.3) is 0 Å². The highest BCUT2D eigenvalue weighted by molar-refractivity contribution is 5.84. The van der Waals surface area contributed by atoms with Crippen LogP contribution in [0.25, 0.3) is 0 Å². The molecule has 0 heterocycles. The minimum Gasteiger partial charge on any atom is -0.481 e. The van der Waals surface area contributed by atoms with Crippen LogP contribution in [0.5, 0.6) is 0 Å². The van der Waals surface area contributed by atoms with Gasteiger partial charge in [0.15, 0.2) is 0 Å². The van der Waals surface area contributed by atoms with Crippen molar-refractivity contribution in [2.24, 2.45) is 5.92 Å². The summed E-state index contributed by atoms with van der Waals surface area (Å²) in [5, 5.41) is 20.7. The second-order valence-corrected chi connectivity index (χ2v) is 10.4. The summed E-state index contributed by atoms with van der Waals surface area (Å²) in [6, 6.07) is 0. The SMILES string of the molecule is CCOCCNC(=O)CCC(CC(=O)CCCCCCCCCCCCCCCCCCC(=O)O)C(=O)O. The number of hydrogen-bond donors (Lipinski definition) is 3. The summed E-state index contributed by atoms with van der Waals surface area (Å²) in [4.78, 5) is 46.0. The number of carboxylic acids is 2. The lowest BCUT2D eigenvalue weighted by atomic mass is 9.94. The van der Waals surface area contributed by atoms with E-state index in [-0.39, 0.29) is 31.0 Å². The zero-order valence-electron chi connectivity index (χ0n) is 24.0. The standard InChI is InChI=1S/C30H55NO7/c1-2-38-24-23-31-28(33)22-21-26(30(36)37)25-27(32)19-17-15-13-11-9-7-5-3-4-6-8-10-12-14-16-18-20-29(34)35/h26H,2-25H2,1H3,(H,31,33)(H,34,35)(H,36,37). The number of rotatable bonds is 29. The lowest BCUT2D eigenvalue weighted by Crippen LogP contribution is -2.28. The van der Waals surface area contributed by atoms with Crippen molar-refractivity contribution in [3.63, 3.8) is 0 Å². The molecule has 0 bridgehead atoms. The van der Waals surface area contributed by atoms with Gasteiger partial charge in [0.05, 0.1) is 12.5 Å². The van der Waals surface area contributed by atoms with Crippen molar-refractivity contribution in [3.05, 3.63) is 0 Å². The maximum absolute atomic E-state index is 12.2. The van der Waals surface area contributed by atoms with Crippen molar-refractivity contribution < 1.29 is 34.1 Å². The Morgan fingerprint density at radius 3 is 1.53 bits per heavy atom. The van der Waals surface area contributed by atoms with E-state index in [1.165, 1.54) is 64.2 Å². The molecule has 8 heteroatoms. The molecule has 0 saturated heterocycles. The molecule has 0 spiro atoms. The molecule has 8 nitrogen and oxygen atoms in total. The molecule has 0 rings (SSSR count). The highest BCUT2D eigenvalue weighted by Crippen LogP contribution is 2.17. The number of aliphatic carboxylic acids is 2. The average molecular weight is 542 g/mol. The van der Waals surface area contributed by atoms with Crippen molar-refractivity contribution in [2.75, 3.05) is 19.8 Å². The minimum absolute atomic E-state index is 0.00829. The zero-order chi connectivity index (χ0) is 28.3. The fourth-order valence-corrected chi connectivity index (χ4v) is 4.56. The molecule has 0 aromatic rings. The molecular weight excluding hydrogens is 486 g/mol. The molecule has 1 unspecified atom stereocenters. The third-order valence-electron chi connectivity index (χ3n) is 6.91. The van der Waals surface area contributed by atoms with Gasteiger partial charge in [-0.05, 0) is 26.2 Å². The van der Waals surface area contributed by atoms with Crippen LogP contribution >= 0.6 is 0 Å². The third kappa shape index (κ3) is 25.7. The van der Waals surface area contributed by atoms with Crippen LogP contribution in [-0.2, 0) is 23.9 Å². The Kier molecular flexibility index (Phi) is 25.3. The van der Waals surface area contributed by atoms with Crippen LogP contribution in [0, 0.1) is 5.92 Å². The van der Waals surface area contributed by atoms with Gasteiger partial charge in [-0.1, -0.05) is 89.9 Å². The Labute approximate surface area is 230 Å². The summed E-state index contributed by atoms with van der Waals surface area (Å²) in [7, 11) is 0. The van der Waals surface area contributed by atoms with Crippen LogP contribution < -0.4 is 5.32 Å². The smallest absolute Gasteiger partial charge is 0.306 e. The first-order valence-electron chi connectivity index (χ1n) is 15.2. The molecule has 1 atom stereocenters. The van der Waals surface area contributed by atoms with Crippen LogP contribution in [0.1, 0.15) is 142 Å². The van der Waals surface area contributed by atoms with Gasteiger partial charge in [0, 0.05) is 38.8 Å². The number of carboxylic acid groups (broad SMARTS) is 2. The molecule has 1 amide bonds. The molecule has 3 N–H and O–H groups in total. The quantitative estimate of drug-likeness (QED) is 0.0900. The molecular formula is C30H55NO7. The number of carbonyl (C=O) groups is 4. The maximum Gasteiger partial charge on any atom is 0.306 e. The average Bonchev–Trinajstić information content (AvgIpc) is 2.88. The second-order valence-electron chi connectivity index (χ2n) is 10.4. The number of amides is 1. The Bertz CT molecular complexity index is 624. The number of Topliss-reactive ketones (excluding diaryl/α,β-unsaturated/α-hetero) is 1. The van der Waals surface area contributed by atoms with Crippen LogP contribution in [-0.4, -0.2) is 53.6 Å². The zero-order valence-corrected chi connectivity index (χ0v) is 24.0. The fraction of sp³-hybridized carbons (Fsp3) is 0.867. The number of hydrogen-bond acceptors (Lipinski definition) is 5. The number of ether oxygens (including phenoxy) is 1. The topological polar surface area (TPSA) is 130 Å². The van der Waals surface area contributed by atoms with Gasteiger partial charge >= 0.3 is 11.9 Å². The van der Waals surface area contributed by atoms with Crippen LogP contribution in [0.4, 0.5) is 0 Å². The second kappa shape index (κ2) is 26.6. The van der Waals surface area contributed by atoms with Crippen LogP contribution in [0.15, 0.2) is 0 Å². The predicted octanol–water partition coefficient (Wildman–Crippen LogP) is 6.69. The van der Waals surface area contributed by atoms with E-state index in [1.807, 2.05) is 6.92 Å². The van der Waals surface area contributed by atoms with E-state index in [0.29, 0.717) is 32.6 Å². The van der Waals surface area contributed by atoms with E-state index < -0.39 is 17.9 Å². The Hall–Kier alpha value is -1.96. The summed E-state index contributed by atoms with van der Waals surface area (Å²) in [6.07, 6.45) is 19.6. The van der Waals surface area contributed by atoms with Crippen molar-refractivity contribution in [1.29, 1.82) is 0 Å². The molecule has 0 fully saturated rings. The fourth-order valence-electron chi connectivity index (χ4n) is 4.56. The van der Waals surface area contributed by atoms with Crippen molar-refractivity contribution in [2.45, 2.75) is 142 Å². The molecule has 222 valence electrons. The number of nitrogens with one attached hydrogen (secondary N) is 1. The first-order chi connectivity index (χ1) is 18.4. The van der Waals surface area contributed by atoms with E-state index >= 15 is 0 Å². The Morgan fingerprint density at radius 1 is 0.658 bits per heavy atom. The van der Waals surface area contributed by atoms with Crippen molar-refractivity contribution >= 4 is 23.6 Å². The van der Waals surface area contributed by atoms with Gasteiger partial charge in [0.1, 0.15) is 5.78 Å². The summed E-state index contributed by atoms with van der Waals surface area (Å²) in [5.41, 5.74) is 0. The van der Waals surface area contributed by atoms with Gasteiger partial charge in [-0.3, -0.25) is 19.2 Å². The van der Waals surface area contributed by atoms with Gasteiger partial charge in [-0.2, -0.15) is 0 Å². The molecule has 0 radical (unpaired) electrons. The molecule has 0 aromatic carbocycles. The first kappa shape index (κ1) is 36.0. The molecule has 38 heavy (non-hydrogen) atoms. The lowest BCUT2D eigenvalue weighted by Gasteiger charge is -2.12. The number of ketones is 1. The van der Waals surface area contributed by atoms with E-state index in [9.17, 15) is 24.3 Å². The molecule has 0 saturated carbocycles. The van der Waals surface area contributed by atoms with Gasteiger partial charge in [0.2, 0.25) is 5.91 Å². The summed E-state index contributed by atoms with van der Waals surface area (Å²) >= 11 is 0.